The number of rotatable bonds is 5. The molecule has 5 N–H and O–H groups in total. The Morgan fingerprint density at radius 1 is 1.29 bits per heavy atom. The first-order valence-corrected chi connectivity index (χ1v) is 6.35. The molecule has 0 saturated heterocycles. The number of aliphatic hydroxyl groups is 2. The Hall–Kier alpha value is -0.650. The molecule has 1 aliphatic carbocycles. The first-order chi connectivity index (χ1) is 8.02. The molecule has 5 nitrogen and oxygen atoms in total. The summed E-state index contributed by atoms with van der Waals surface area (Å²) >= 11 is 0. The lowest BCUT2D eigenvalue weighted by atomic mass is 9.81. The molecule has 0 aromatic carbocycles. The van der Waals surface area contributed by atoms with Crippen LogP contribution in [0.1, 0.15) is 45.4 Å². The van der Waals surface area contributed by atoms with Crippen LogP contribution in [0.15, 0.2) is 0 Å². The van der Waals surface area contributed by atoms with Crippen molar-refractivity contribution in [3.05, 3.63) is 0 Å². The molecule has 1 fully saturated rings. The van der Waals surface area contributed by atoms with Gasteiger partial charge in [-0.2, -0.15) is 0 Å². The van der Waals surface area contributed by atoms with Gasteiger partial charge in [0.15, 0.2) is 0 Å². The van der Waals surface area contributed by atoms with E-state index in [0.717, 1.165) is 19.3 Å². The number of nitrogens with one attached hydrogen (secondary N) is 1. The molecular weight excluding hydrogens is 220 g/mol. The lowest BCUT2D eigenvalue weighted by Gasteiger charge is -2.37. The SMILES string of the molecule is CCC(CO)(CO)NC(=O)C1(N)CCCCC1. The first kappa shape index (κ1) is 14.4. The van der Waals surface area contributed by atoms with Crippen molar-refractivity contribution in [2.45, 2.75) is 56.5 Å². The summed E-state index contributed by atoms with van der Waals surface area (Å²) in [7, 11) is 0. The highest BCUT2D eigenvalue weighted by molar-refractivity contribution is 5.86. The smallest absolute Gasteiger partial charge is 0.240 e. The standard InChI is InChI=1S/C12H24N2O3/c1-2-11(8-15,9-16)14-10(17)12(13)6-4-3-5-7-12/h15-16H,2-9,13H2,1H3,(H,14,17). The zero-order valence-corrected chi connectivity index (χ0v) is 10.5. The molecular formula is C12H24N2O3. The number of amides is 1. The van der Waals surface area contributed by atoms with Crippen LogP contribution in [0.4, 0.5) is 0 Å². The lowest BCUT2D eigenvalue weighted by Crippen LogP contribution is -2.63. The van der Waals surface area contributed by atoms with Crippen molar-refractivity contribution >= 4 is 5.91 Å². The predicted octanol–water partition coefficient (Wildman–Crippen LogP) is -0.102. The third-order valence-corrected chi connectivity index (χ3v) is 3.86. The maximum atomic E-state index is 12.2. The van der Waals surface area contributed by atoms with Gasteiger partial charge in [-0.1, -0.05) is 26.2 Å². The third-order valence-electron chi connectivity index (χ3n) is 3.86. The largest absolute Gasteiger partial charge is 0.394 e. The quantitative estimate of drug-likeness (QED) is 0.543. The summed E-state index contributed by atoms with van der Waals surface area (Å²) in [5.74, 6) is -0.248. The zero-order chi connectivity index (χ0) is 12.9. The average Bonchev–Trinajstić information content (AvgIpc) is 2.37. The molecule has 0 atom stereocenters. The second-order valence-electron chi connectivity index (χ2n) is 5.12. The number of carbonyl (C=O) groups excluding carboxylic acids is 1. The fourth-order valence-electron chi connectivity index (χ4n) is 2.22. The molecule has 100 valence electrons. The van der Waals surface area contributed by atoms with Gasteiger partial charge < -0.3 is 21.3 Å². The molecule has 0 heterocycles. The van der Waals surface area contributed by atoms with Crippen LogP contribution in [-0.2, 0) is 4.79 Å². The Kier molecular flexibility index (Phi) is 4.91. The monoisotopic (exact) mass is 244 g/mol. The highest BCUT2D eigenvalue weighted by atomic mass is 16.3. The molecule has 1 aliphatic rings. The molecule has 1 amide bonds. The summed E-state index contributed by atoms with van der Waals surface area (Å²) in [4.78, 5) is 12.2. The molecule has 0 spiro atoms. The summed E-state index contributed by atoms with van der Waals surface area (Å²) < 4.78 is 0. The van der Waals surface area contributed by atoms with Gasteiger partial charge in [0.25, 0.3) is 0 Å². The van der Waals surface area contributed by atoms with Gasteiger partial charge in [-0.3, -0.25) is 4.79 Å². The molecule has 0 radical (unpaired) electrons. The van der Waals surface area contributed by atoms with Gasteiger partial charge in [-0.25, -0.2) is 0 Å². The van der Waals surface area contributed by atoms with Crippen molar-refractivity contribution < 1.29 is 15.0 Å². The molecule has 17 heavy (non-hydrogen) atoms. The van der Waals surface area contributed by atoms with Gasteiger partial charge in [0, 0.05) is 0 Å². The Balaban J connectivity index is 2.69. The maximum Gasteiger partial charge on any atom is 0.240 e. The van der Waals surface area contributed by atoms with Crippen LogP contribution < -0.4 is 11.1 Å². The Labute approximate surface area is 102 Å². The van der Waals surface area contributed by atoms with E-state index >= 15 is 0 Å². The summed E-state index contributed by atoms with van der Waals surface area (Å²) in [5.41, 5.74) is 4.32. The Bertz CT molecular complexity index is 250. The van der Waals surface area contributed by atoms with E-state index in [2.05, 4.69) is 5.32 Å². The molecule has 0 aliphatic heterocycles. The zero-order valence-electron chi connectivity index (χ0n) is 10.5. The predicted molar refractivity (Wildman–Crippen MR) is 65.3 cm³/mol. The minimum Gasteiger partial charge on any atom is -0.394 e. The van der Waals surface area contributed by atoms with Crippen molar-refractivity contribution in [1.82, 2.24) is 5.32 Å². The van der Waals surface area contributed by atoms with Crippen LogP contribution in [-0.4, -0.2) is 40.4 Å². The Morgan fingerprint density at radius 3 is 2.24 bits per heavy atom. The van der Waals surface area contributed by atoms with Crippen LogP contribution in [0.25, 0.3) is 0 Å². The van der Waals surface area contributed by atoms with Crippen molar-refractivity contribution in [2.24, 2.45) is 5.73 Å². The summed E-state index contributed by atoms with van der Waals surface area (Å²) in [6, 6.07) is 0. The fourth-order valence-corrected chi connectivity index (χ4v) is 2.22. The van der Waals surface area contributed by atoms with E-state index in [9.17, 15) is 15.0 Å². The third kappa shape index (κ3) is 3.18. The minimum atomic E-state index is -0.944. The molecule has 1 rings (SSSR count). The van der Waals surface area contributed by atoms with Crippen molar-refractivity contribution in [3.63, 3.8) is 0 Å². The number of nitrogens with two attached hydrogens (primary N) is 1. The highest BCUT2D eigenvalue weighted by Crippen LogP contribution is 2.26. The van der Waals surface area contributed by atoms with Crippen LogP contribution in [0, 0.1) is 0 Å². The first-order valence-electron chi connectivity index (χ1n) is 6.35. The van der Waals surface area contributed by atoms with Gasteiger partial charge >= 0.3 is 0 Å². The van der Waals surface area contributed by atoms with Crippen LogP contribution in [0.2, 0.25) is 0 Å². The van der Waals surface area contributed by atoms with Crippen molar-refractivity contribution in [2.75, 3.05) is 13.2 Å². The van der Waals surface area contributed by atoms with Gasteiger partial charge in [-0.05, 0) is 19.3 Å². The van der Waals surface area contributed by atoms with Crippen LogP contribution >= 0.6 is 0 Å². The van der Waals surface area contributed by atoms with E-state index in [4.69, 9.17) is 5.73 Å². The molecule has 1 saturated carbocycles. The van der Waals surface area contributed by atoms with E-state index in [1.807, 2.05) is 6.92 Å². The summed E-state index contributed by atoms with van der Waals surface area (Å²) in [6.45, 7) is 1.26. The minimum absolute atomic E-state index is 0.248. The van der Waals surface area contributed by atoms with Crippen LogP contribution in [0.3, 0.4) is 0 Å². The average molecular weight is 244 g/mol. The molecule has 0 aromatic heterocycles. The van der Waals surface area contributed by atoms with Gasteiger partial charge in [-0.15, -0.1) is 0 Å². The topological polar surface area (TPSA) is 95.6 Å². The van der Waals surface area contributed by atoms with E-state index < -0.39 is 11.1 Å². The van der Waals surface area contributed by atoms with Crippen LogP contribution in [0.5, 0.6) is 0 Å². The normalized spacial score (nSPS) is 20.0. The van der Waals surface area contributed by atoms with E-state index in [1.165, 1.54) is 0 Å². The molecule has 0 bridgehead atoms. The second-order valence-corrected chi connectivity index (χ2v) is 5.12. The Morgan fingerprint density at radius 2 is 1.82 bits per heavy atom. The molecule has 5 heteroatoms. The fraction of sp³-hybridized carbons (Fsp3) is 0.917. The number of hydrogen-bond acceptors (Lipinski definition) is 4. The number of hydrogen-bond donors (Lipinski definition) is 4. The number of aliphatic hydroxyl groups excluding tert-OH is 2. The van der Waals surface area contributed by atoms with Crippen molar-refractivity contribution in [3.8, 4) is 0 Å². The second kappa shape index (κ2) is 5.80. The molecule has 0 unspecified atom stereocenters. The highest BCUT2D eigenvalue weighted by Gasteiger charge is 2.39. The summed E-state index contributed by atoms with van der Waals surface area (Å²) in [6.07, 6.45) is 4.86. The maximum absolute atomic E-state index is 12.2. The van der Waals surface area contributed by atoms with Gasteiger partial charge in [0.1, 0.15) is 0 Å². The van der Waals surface area contributed by atoms with Gasteiger partial charge in [0.2, 0.25) is 5.91 Å². The summed E-state index contributed by atoms with van der Waals surface area (Å²) in [5, 5.41) is 21.3. The van der Waals surface area contributed by atoms with E-state index in [1.54, 1.807) is 0 Å². The number of carbonyl (C=O) groups is 1. The van der Waals surface area contributed by atoms with E-state index in [-0.39, 0.29) is 19.1 Å². The van der Waals surface area contributed by atoms with Crippen molar-refractivity contribution in [1.29, 1.82) is 0 Å². The van der Waals surface area contributed by atoms with Gasteiger partial charge in [0.05, 0.1) is 24.3 Å². The lowest BCUT2D eigenvalue weighted by molar-refractivity contribution is -0.131. The van der Waals surface area contributed by atoms with E-state index in [0.29, 0.717) is 19.3 Å². The molecule has 0 aromatic rings.